The Morgan fingerprint density at radius 1 is 1.12 bits per heavy atom. The zero-order chi connectivity index (χ0) is 19.1. The van der Waals surface area contributed by atoms with Crippen molar-refractivity contribution >= 4 is 17.5 Å². The summed E-state index contributed by atoms with van der Waals surface area (Å²) < 4.78 is 13.2. The zero-order valence-corrected chi connectivity index (χ0v) is 15.4. The van der Waals surface area contributed by atoms with Crippen LogP contribution in [-0.4, -0.2) is 43.9 Å². The van der Waals surface area contributed by atoms with Crippen LogP contribution in [0.15, 0.2) is 48.5 Å². The molecule has 0 fully saturated rings. The number of hydrogen-bond donors (Lipinski definition) is 2. The highest BCUT2D eigenvalue weighted by atomic mass is 19.1. The molecule has 1 atom stereocenters. The van der Waals surface area contributed by atoms with Crippen LogP contribution in [0.1, 0.15) is 11.1 Å². The molecule has 0 aliphatic heterocycles. The van der Waals surface area contributed by atoms with Gasteiger partial charge in [-0.25, -0.2) is 4.39 Å². The Balaban J connectivity index is 1.80. The van der Waals surface area contributed by atoms with Crippen molar-refractivity contribution < 1.29 is 18.9 Å². The van der Waals surface area contributed by atoms with Gasteiger partial charge in [-0.15, -0.1) is 0 Å². The van der Waals surface area contributed by atoms with E-state index in [1.54, 1.807) is 26.2 Å². The van der Waals surface area contributed by atoms with Gasteiger partial charge in [0, 0.05) is 19.3 Å². The molecule has 5 nitrogen and oxygen atoms in total. The lowest BCUT2D eigenvalue weighted by atomic mass is 10.2. The van der Waals surface area contributed by atoms with Crippen molar-refractivity contribution in [3.8, 4) is 0 Å². The maximum atomic E-state index is 13.2. The van der Waals surface area contributed by atoms with Gasteiger partial charge in [0.1, 0.15) is 5.82 Å². The van der Waals surface area contributed by atoms with E-state index in [9.17, 15) is 14.0 Å². The van der Waals surface area contributed by atoms with Gasteiger partial charge in [-0.1, -0.05) is 29.8 Å². The molecule has 0 bridgehead atoms. The molecule has 2 aromatic carbocycles. The number of benzene rings is 2. The third-order valence-corrected chi connectivity index (χ3v) is 3.99. The largest absolute Gasteiger partial charge is 0.337 e. The molecule has 2 rings (SSSR count). The Bertz CT molecular complexity index is 762. The van der Waals surface area contributed by atoms with Crippen LogP contribution in [0.2, 0.25) is 0 Å². The summed E-state index contributed by atoms with van der Waals surface area (Å²) in [5, 5.41) is 2.82. The lowest BCUT2D eigenvalue weighted by molar-refractivity contribution is -0.862. The van der Waals surface area contributed by atoms with E-state index in [0.29, 0.717) is 6.54 Å². The number of aryl methyl sites for hydroxylation is 1. The Kier molecular flexibility index (Phi) is 6.86. The SMILES string of the molecule is Cc1ccc(NC(=O)C[NH+](C)CC(=O)N(C)Cc2cccc(F)c2)cc1. The minimum atomic E-state index is -0.320. The van der Waals surface area contributed by atoms with Crippen molar-refractivity contribution in [2.45, 2.75) is 13.5 Å². The second kappa shape index (κ2) is 9.10. The first-order valence-corrected chi connectivity index (χ1v) is 8.49. The van der Waals surface area contributed by atoms with Gasteiger partial charge in [0.2, 0.25) is 0 Å². The molecule has 0 saturated carbocycles. The molecular formula is C20H25FN3O2+. The fraction of sp³-hybridized carbons (Fsp3) is 0.300. The van der Waals surface area contributed by atoms with E-state index < -0.39 is 0 Å². The Hall–Kier alpha value is -2.73. The number of nitrogens with zero attached hydrogens (tertiary/aromatic N) is 1. The van der Waals surface area contributed by atoms with Crippen LogP contribution in [0.3, 0.4) is 0 Å². The summed E-state index contributed by atoms with van der Waals surface area (Å²) in [4.78, 5) is 26.7. The first kappa shape index (κ1) is 19.6. The van der Waals surface area contributed by atoms with Crippen molar-refractivity contribution in [1.29, 1.82) is 0 Å². The topological polar surface area (TPSA) is 53.9 Å². The third kappa shape index (κ3) is 6.29. The molecule has 138 valence electrons. The van der Waals surface area contributed by atoms with Crippen LogP contribution in [0.25, 0.3) is 0 Å². The predicted octanol–water partition coefficient (Wildman–Crippen LogP) is 1.25. The summed E-state index contributed by atoms with van der Waals surface area (Å²) in [6.45, 7) is 2.69. The van der Waals surface area contributed by atoms with E-state index in [1.807, 2.05) is 31.2 Å². The van der Waals surface area contributed by atoms with Gasteiger partial charge in [-0.3, -0.25) is 9.59 Å². The molecule has 2 amide bonds. The van der Waals surface area contributed by atoms with Crippen molar-refractivity contribution in [3.05, 3.63) is 65.5 Å². The Morgan fingerprint density at radius 2 is 1.81 bits per heavy atom. The summed E-state index contributed by atoms with van der Waals surface area (Å²) >= 11 is 0. The van der Waals surface area contributed by atoms with Gasteiger partial charge in [0.05, 0.1) is 7.05 Å². The third-order valence-electron chi connectivity index (χ3n) is 3.99. The van der Waals surface area contributed by atoms with Gasteiger partial charge < -0.3 is 15.1 Å². The molecule has 6 heteroatoms. The summed E-state index contributed by atoms with van der Waals surface area (Å²) in [6, 6.07) is 13.7. The number of amides is 2. The number of likely N-dealkylation sites (N-methyl/N-ethyl adjacent to an activating group) is 2. The number of halogens is 1. The van der Waals surface area contributed by atoms with Crippen molar-refractivity contribution in [3.63, 3.8) is 0 Å². The lowest BCUT2D eigenvalue weighted by Gasteiger charge is -2.20. The summed E-state index contributed by atoms with van der Waals surface area (Å²) in [5.74, 6) is -0.569. The second-order valence-corrected chi connectivity index (χ2v) is 6.60. The Morgan fingerprint density at radius 3 is 2.46 bits per heavy atom. The molecule has 0 spiro atoms. The molecule has 0 saturated heterocycles. The lowest BCUT2D eigenvalue weighted by Crippen LogP contribution is -3.11. The number of hydrogen-bond acceptors (Lipinski definition) is 2. The highest BCUT2D eigenvalue weighted by Crippen LogP contribution is 2.08. The van der Waals surface area contributed by atoms with Crippen molar-refractivity contribution in [2.24, 2.45) is 0 Å². The molecular weight excluding hydrogens is 333 g/mol. The van der Waals surface area contributed by atoms with Crippen molar-refractivity contribution in [1.82, 2.24) is 4.90 Å². The van der Waals surface area contributed by atoms with Crippen LogP contribution in [0, 0.1) is 12.7 Å². The van der Waals surface area contributed by atoms with E-state index in [0.717, 1.165) is 21.7 Å². The van der Waals surface area contributed by atoms with Gasteiger partial charge >= 0.3 is 0 Å². The van der Waals surface area contributed by atoms with E-state index in [2.05, 4.69) is 5.32 Å². The fourth-order valence-corrected chi connectivity index (χ4v) is 2.57. The molecule has 2 N–H and O–H groups in total. The molecule has 0 radical (unpaired) electrons. The number of anilines is 1. The quantitative estimate of drug-likeness (QED) is 0.783. The van der Waals surface area contributed by atoms with Crippen LogP contribution in [-0.2, 0) is 16.1 Å². The zero-order valence-electron chi connectivity index (χ0n) is 15.4. The molecule has 0 aliphatic rings. The summed E-state index contributed by atoms with van der Waals surface area (Å²) in [7, 11) is 3.47. The van der Waals surface area contributed by atoms with Crippen LogP contribution in [0.4, 0.5) is 10.1 Å². The first-order valence-electron chi connectivity index (χ1n) is 8.49. The van der Waals surface area contributed by atoms with E-state index in [4.69, 9.17) is 0 Å². The average Bonchev–Trinajstić information content (AvgIpc) is 2.56. The molecule has 0 aliphatic carbocycles. The van der Waals surface area contributed by atoms with Gasteiger partial charge in [0.25, 0.3) is 11.8 Å². The highest BCUT2D eigenvalue weighted by molar-refractivity contribution is 5.91. The van der Waals surface area contributed by atoms with E-state index in [-0.39, 0.29) is 30.7 Å². The normalized spacial score (nSPS) is 11.7. The monoisotopic (exact) mass is 358 g/mol. The highest BCUT2D eigenvalue weighted by Gasteiger charge is 2.17. The van der Waals surface area contributed by atoms with Gasteiger partial charge in [0.15, 0.2) is 13.1 Å². The summed E-state index contributed by atoms with van der Waals surface area (Å²) in [5.41, 5.74) is 2.59. The first-order chi connectivity index (χ1) is 12.3. The van der Waals surface area contributed by atoms with E-state index >= 15 is 0 Å². The predicted molar refractivity (Wildman–Crippen MR) is 99.3 cm³/mol. The molecule has 0 heterocycles. The maximum absolute atomic E-state index is 13.2. The van der Waals surface area contributed by atoms with Crippen LogP contribution < -0.4 is 10.2 Å². The fourth-order valence-electron chi connectivity index (χ4n) is 2.57. The van der Waals surface area contributed by atoms with Gasteiger partial charge in [-0.05, 0) is 36.8 Å². The Labute approximate surface area is 153 Å². The molecule has 26 heavy (non-hydrogen) atoms. The molecule has 1 unspecified atom stereocenters. The average molecular weight is 358 g/mol. The number of rotatable bonds is 7. The smallest absolute Gasteiger partial charge is 0.279 e. The summed E-state index contributed by atoms with van der Waals surface area (Å²) in [6.07, 6.45) is 0. The second-order valence-electron chi connectivity index (χ2n) is 6.60. The number of carbonyl (C=O) groups is 2. The number of quaternary nitrogens is 1. The number of nitrogens with one attached hydrogen (secondary N) is 2. The van der Waals surface area contributed by atoms with Crippen LogP contribution >= 0.6 is 0 Å². The standard InChI is InChI=1S/C20H24FN3O2/c1-15-7-9-18(10-8-15)22-19(25)13-23(2)14-20(26)24(3)12-16-5-4-6-17(21)11-16/h4-11H,12-14H2,1-3H3,(H,22,25)/p+1. The molecule has 0 aromatic heterocycles. The van der Waals surface area contributed by atoms with Crippen molar-refractivity contribution in [2.75, 3.05) is 32.5 Å². The minimum Gasteiger partial charge on any atom is -0.337 e. The molecule has 2 aromatic rings. The van der Waals surface area contributed by atoms with E-state index in [1.165, 1.54) is 17.0 Å². The number of carbonyl (C=O) groups excluding carboxylic acids is 2. The van der Waals surface area contributed by atoms with Crippen LogP contribution in [0.5, 0.6) is 0 Å². The maximum Gasteiger partial charge on any atom is 0.279 e. The van der Waals surface area contributed by atoms with Gasteiger partial charge in [-0.2, -0.15) is 0 Å². The minimum absolute atomic E-state index is 0.102.